The number of hydrogen-bond acceptors (Lipinski definition) is 4. The summed E-state index contributed by atoms with van der Waals surface area (Å²) in [5.74, 6) is 0.218. The van der Waals surface area contributed by atoms with Gasteiger partial charge in [-0.2, -0.15) is 0 Å². The van der Waals surface area contributed by atoms with E-state index in [0.29, 0.717) is 19.3 Å². The third-order valence-corrected chi connectivity index (χ3v) is 3.75. The molecule has 0 aromatic rings. The molecule has 2 fully saturated rings. The first-order valence-corrected chi connectivity index (χ1v) is 7.10. The van der Waals surface area contributed by atoms with E-state index in [1.54, 1.807) is 0 Å². The fraction of sp³-hybridized carbons (Fsp3) is 0.923. The highest BCUT2D eigenvalue weighted by Gasteiger charge is 2.24. The number of amides is 1. The predicted molar refractivity (Wildman–Crippen MR) is 70.5 cm³/mol. The maximum atomic E-state index is 12.2. The summed E-state index contributed by atoms with van der Waals surface area (Å²) >= 11 is 0. The van der Waals surface area contributed by atoms with Crippen molar-refractivity contribution in [1.82, 2.24) is 15.5 Å². The van der Waals surface area contributed by atoms with Crippen molar-refractivity contribution in [2.45, 2.75) is 38.3 Å². The van der Waals surface area contributed by atoms with Crippen LogP contribution in [0, 0.1) is 0 Å². The predicted octanol–water partition coefficient (Wildman–Crippen LogP) is -0.0346. The van der Waals surface area contributed by atoms with Crippen LogP contribution in [0.4, 0.5) is 0 Å². The average molecular weight is 255 g/mol. The van der Waals surface area contributed by atoms with Gasteiger partial charge in [0.1, 0.15) is 0 Å². The zero-order valence-electron chi connectivity index (χ0n) is 11.3. The maximum Gasteiger partial charge on any atom is 0.239 e. The minimum absolute atomic E-state index is 0.0776. The number of rotatable bonds is 3. The molecule has 0 aromatic heterocycles. The van der Waals surface area contributed by atoms with Crippen molar-refractivity contribution in [3.63, 3.8) is 0 Å². The molecule has 0 aromatic carbocycles. The number of carbonyl (C=O) groups is 1. The van der Waals surface area contributed by atoms with Gasteiger partial charge in [-0.25, -0.2) is 0 Å². The second-order valence-corrected chi connectivity index (χ2v) is 5.20. The molecule has 2 heterocycles. The minimum Gasteiger partial charge on any atom is -0.378 e. The van der Waals surface area contributed by atoms with Gasteiger partial charge in [0.15, 0.2) is 0 Å². The Morgan fingerprint density at radius 2 is 2.11 bits per heavy atom. The highest BCUT2D eigenvalue weighted by molar-refractivity contribution is 5.81. The third kappa shape index (κ3) is 3.93. The van der Waals surface area contributed by atoms with Crippen LogP contribution in [0.1, 0.15) is 26.2 Å². The summed E-state index contributed by atoms with van der Waals surface area (Å²) in [6.45, 7) is 6.95. The van der Waals surface area contributed by atoms with Crippen LogP contribution in [-0.2, 0) is 9.53 Å². The summed E-state index contributed by atoms with van der Waals surface area (Å²) in [6, 6.07) is 0.395. The molecule has 0 saturated carbocycles. The SMILES string of the molecule is CC(NC1CCCNCC1)C(=O)N1CCOCC1. The van der Waals surface area contributed by atoms with Crippen LogP contribution in [0.25, 0.3) is 0 Å². The quantitative estimate of drug-likeness (QED) is 0.743. The molecular formula is C13H25N3O2. The molecule has 18 heavy (non-hydrogen) atoms. The lowest BCUT2D eigenvalue weighted by Gasteiger charge is -2.31. The molecule has 5 nitrogen and oxygen atoms in total. The van der Waals surface area contributed by atoms with Gasteiger partial charge in [-0.1, -0.05) is 0 Å². The second kappa shape index (κ2) is 7.07. The molecule has 0 aliphatic carbocycles. The highest BCUT2D eigenvalue weighted by Crippen LogP contribution is 2.08. The third-order valence-electron chi connectivity index (χ3n) is 3.75. The molecule has 2 N–H and O–H groups in total. The van der Waals surface area contributed by atoms with E-state index in [4.69, 9.17) is 4.74 Å². The van der Waals surface area contributed by atoms with E-state index >= 15 is 0 Å². The van der Waals surface area contributed by atoms with Gasteiger partial charge in [-0.3, -0.25) is 4.79 Å². The van der Waals surface area contributed by atoms with E-state index < -0.39 is 0 Å². The van der Waals surface area contributed by atoms with Crippen LogP contribution < -0.4 is 10.6 Å². The summed E-state index contributed by atoms with van der Waals surface area (Å²) in [4.78, 5) is 14.2. The lowest BCUT2D eigenvalue weighted by Crippen LogP contribution is -2.51. The van der Waals surface area contributed by atoms with Crippen LogP contribution in [0.5, 0.6) is 0 Å². The van der Waals surface area contributed by atoms with Gasteiger partial charge in [-0.15, -0.1) is 0 Å². The van der Waals surface area contributed by atoms with Gasteiger partial charge >= 0.3 is 0 Å². The Balaban J connectivity index is 1.78. The number of nitrogens with zero attached hydrogens (tertiary/aromatic N) is 1. The molecule has 2 unspecified atom stereocenters. The van der Waals surface area contributed by atoms with E-state index in [2.05, 4.69) is 10.6 Å². The first-order valence-electron chi connectivity index (χ1n) is 7.10. The van der Waals surface area contributed by atoms with Crippen LogP contribution in [0.2, 0.25) is 0 Å². The van der Waals surface area contributed by atoms with Gasteiger partial charge in [0, 0.05) is 19.1 Å². The Morgan fingerprint density at radius 1 is 1.33 bits per heavy atom. The van der Waals surface area contributed by atoms with Crippen molar-refractivity contribution < 1.29 is 9.53 Å². The largest absolute Gasteiger partial charge is 0.378 e. The first kappa shape index (κ1) is 13.8. The van der Waals surface area contributed by atoms with Crippen molar-refractivity contribution in [3.8, 4) is 0 Å². The van der Waals surface area contributed by atoms with Gasteiger partial charge < -0.3 is 20.3 Å². The molecule has 2 atom stereocenters. The summed E-state index contributed by atoms with van der Waals surface area (Å²) in [5, 5.41) is 6.88. The van der Waals surface area contributed by atoms with Crippen molar-refractivity contribution in [2.75, 3.05) is 39.4 Å². The van der Waals surface area contributed by atoms with Crippen LogP contribution in [-0.4, -0.2) is 62.3 Å². The standard InChI is InChI=1S/C13H25N3O2/c1-11(13(17)16-7-9-18-10-8-16)15-12-3-2-5-14-6-4-12/h11-12,14-15H,2-10H2,1H3. The zero-order valence-corrected chi connectivity index (χ0v) is 11.3. The molecular weight excluding hydrogens is 230 g/mol. The maximum absolute atomic E-state index is 12.2. The molecule has 5 heteroatoms. The summed E-state index contributed by atoms with van der Waals surface area (Å²) in [5.41, 5.74) is 0. The number of morpholine rings is 1. The molecule has 2 aliphatic heterocycles. The minimum atomic E-state index is -0.0776. The molecule has 2 saturated heterocycles. The Kier molecular flexibility index (Phi) is 5.41. The van der Waals surface area contributed by atoms with E-state index in [0.717, 1.165) is 39.0 Å². The number of ether oxygens (including phenoxy) is 1. The van der Waals surface area contributed by atoms with Crippen molar-refractivity contribution >= 4 is 5.91 Å². The Bertz CT molecular complexity index is 259. The van der Waals surface area contributed by atoms with Crippen molar-refractivity contribution in [1.29, 1.82) is 0 Å². The molecule has 2 rings (SSSR count). The van der Waals surface area contributed by atoms with E-state index in [1.165, 1.54) is 6.42 Å². The zero-order chi connectivity index (χ0) is 12.8. The van der Waals surface area contributed by atoms with E-state index in [1.807, 2.05) is 11.8 Å². The monoisotopic (exact) mass is 255 g/mol. The van der Waals surface area contributed by atoms with Gasteiger partial charge in [0.05, 0.1) is 19.3 Å². The molecule has 0 bridgehead atoms. The van der Waals surface area contributed by atoms with Gasteiger partial charge in [0.2, 0.25) is 5.91 Å². The summed E-state index contributed by atoms with van der Waals surface area (Å²) in [6.07, 6.45) is 3.46. The Morgan fingerprint density at radius 3 is 2.89 bits per heavy atom. The average Bonchev–Trinajstić information content (AvgIpc) is 2.67. The summed E-state index contributed by atoms with van der Waals surface area (Å²) < 4.78 is 5.27. The number of carbonyl (C=O) groups excluding carboxylic acids is 1. The van der Waals surface area contributed by atoms with Gasteiger partial charge in [0.25, 0.3) is 0 Å². The van der Waals surface area contributed by atoms with Crippen LogP contribution >= 0.6 is 0 Å². The normalized spacial score (nSPS) is 27.6. The lowest BCUT2D eigenvalue weighted by atomic mass is 10.1. The first-order chi connectivity index (χ1) is 8.77. The number of nitrogens with one attached hydrogen (secondary N) is 2. The molecule has 0 spiro atoms. The topological polar surface area (TPSA) is 53.6 Å². The smallest absolute Gasteiger partial charge is 0.239 e. The van der Waals surface area contributed by atoms with E-state index in [-0.39, 0.29) is 11.9 Å². The van der Waals surface area contributed by atoms with Gasteiger partial charge in [-0.05, 0) is 39.3 Å². The van der Waals surface area contributed by atoms with Crippen molar-refractivity contribution in [3.05, 3.63) is 0 Å². The van der Waals surface area contributed by atoms with Crippen molar-refractivity contribution in [2.24, 2.45) is 0 Å². The molecule has 1 amide bonds. The van der Waals surface area contributed by atoms with Crippen LogP contribution in [0.15, 0.2) is 0 Å². The number of hydrogen-bond donors (Lipinski definition) is 2. The molecule has 104 valence electrons. The Hall–Kier alpha value is -0.650. The Labute approximate surface area is 109 Å². The van der Waals surface area contributed by atoms with Crippen LogP contribution in [0.3, 0.4) is 0 Å². The fourth-order valence-electron chi connectivity index (χ4n) is 2.67. The van der Waals surface area contributed by atoms with E-state index in [9.17, 15) is 4.79 Å². The highest BCUT2D eigenvalue weighted by atomic mass is 16.5. The second-order valence-electron chi connectivity index (χ2n) is 5.20. The molecule has 0 radical (unpaired) electrons. The summed E-state index contributed by atoms with van der Waals surface area (Å²) in [7, 11) is 0. The molecule has 2 aliphatic rings. The lowest BCUT2D eigenvalue weighted by molar-refractivity contribution is -0.137. The fourth-order valence-corrected chi connectivity index (χ4v) is 2.67.